The van der Waals surface area contributed by atoms with Crippen molar-refractivity contribution in [1.29, 1.82) is 0 Å². The predicted molar refractivity (Wildman–Crippen MR) is 41.2 cm³/mol. The van der Waals surface area contributed by atoms with Crippen LogP contribution in [0.2, 0.25) is 0 Å². The fourth-order valence-corrected chi connectivity index (χ4v) is 1.05. The number of halogens is 1. The van der Waals surface area contributed by atoms with Gasteiger partial charge >= 0.3 is 0 Å². The van der Waals surface area contributed by atoms with Crippen molar-refractivity contribution in [3.8, 4) is 5.75 Å². The highest BCUT2D eigenvalue weighted by Crippen LogP contribution is 2.21. The summed E-state index contributed by atoms with van der Waals surface area (Å²) < 4.78 is 0. The number of aromatic hydroxyl groups is 1. The Morgan fingerprint density at radius 3 is 2.38 bits per heavy atom. The second kappa shape index (κ2) is 5.01. The zero-order valence-electron chi connectivity index (χ0n) is 7.21. The number of nitrogens with one attached hydrogen (secondary N) is 1. The Hall–Kier alpha value is -0.840. The lowest BCUT2D eigenvalue weighted by Gasteiger charge is -2.03. The Labute approximate surface area is 82.3 Å². The molecule has 74 valence electrons. The molecule has 0 aliphatic carbocycles. The summed E-state index contributed by atoms with van der Waals surface area (Å²) in [4.78, 5) is 2.77. The first-order valence-electron chi connectivity index (χ1n) is 3.64. The molecule has 13 heavy (non-hydrogen) atoms. The summed E-state index contributed by atoms with van der Waals surface area (Å²) in [5.41, 5.74) is 1.48. The van der Waals surface area contributed by atoms with Crippen LogP contribution in [0.3, 0.4) is 0 Å². The van der Waals surface area contributed by atoms with Gasteiger partial charge in [-0.15, -0.1) is 0 Å². The third-order valence-corrected chi connectivity index (χ3v) is 1.82. The van der Waals surface area contributed by atoms with E-state index in [1.165, 1.54) is 0 Å². The van der Waals surface area contributed by atoms with E-state index in [4.69, 9.17) is 10.2 Å². The zero-order chi connectivity index (χ0) is 9.14. The molecule has 0 aliphatic rings. The lowest BCUT2D eigenvalue weighted by Crippen LogP contribution is -3.00. The number of aryl methyl sites for hydroxylation is 1. The number of aromatic amines is 1. The fourth-order valence-electron chi connectivity index (χ4n) is 1.05. The van der Waals surface area contributed by atoms with Crippen LogP contribution in [-0.4, -0.2) is 15.3 Å². The van der Waals surface area contributed by atoms with Crippen molar-refractivity contribution in [2.24, 2.45) is 0 Å². The Kier molecular flexibility index (Phi) is 4.69. The number of hydrogen-bond acceptors (Lipinski definition) is 3. The van der Waals surface area contributed by atoms with Gasteiger partial charge in [0.05, 0.1) is 18.8 Å². The van der Waals surface area contributed by atoms with E-state index in [1.807, 2.05) is 0 Å². The van der Waals surface area contributed by atoms with Crippen molar-refractivity contribution in [3.05, 3.63) is 23.0 Å². The third kappa shape index (κ3) is 2.30. The van der Waals surface area contributed by atoms with Gasteiger partial charge in [0.25, 0.3) is 0 Å². The molecule has 1 rings (SSSR count). The van der Waals surface area contributed by atoms with Crippen LogP contribution in [0.5, 0.6) is 5.75 Å². The largest absolute Gasteiger partial charge is 1.00 e. The molecule has 0 aliphatic heterocycles. The minimum atomic E-state index is -0.267. The molecule has 0 radical (unpaired) electrons. The van der Waals surface area contributed by atoms with Crippen LogP contribution >= 0.6 is 0 Å². The van der Waals surface area contributed by atoms with E-state index in [-0.39, 0.29) is 31.4 Å². The monoisotopic (exact) mass is 209 g/mol. The molecule has 1 heterocycles. The smallest absolute Gasteiger partial charge is 0.219 e. The fraction of sp³-hybridized carbons (Fsp3) is 0.375. The highest BCUT2D eigenvalue weighted by Gasteiger charge is 2.13. The number of rotatable bonds is 2. The molecule has 1 aromatic rings. The standard InChI is InChI=1S/C8H11NO3.ClH/c1-5-8(12)7(4-11)6(3-10)2-9-5;/h2,10-12H,3-4H2,1H3;1H/i3+1,4+1,6+1,7+1;. The van der Waals surface area contributed by atoms with Gasteiger partial charge in [-0.3, -0.25) is 0 Å². The summed E-state index contributed by atoms with van der Waals surface area (Å²) in [7, 11) is 0. The number of pyridine rings is 1. The molecule has 0 spiro atoms. The first-order valence-corrected chi connectivity index (χ1v) is 3.64. The van der Waals surface area contributed by atoms with E-state index >= 15 is 0 Å². The zero-order valence-corrected chi connectivity index (χ0v) is 7.97. The summed E-state index contributed by atoms with van der Waals surface area (Å²) in [5, 5.41) is 27.1. The minimum Gasteiger partial charge on any atom is -1.00 e. The molecule has 0 aromatic carbocycles. The quantitative estimate of drug-likeness (QED) is 0.443. The summed E-state index contributed by atoms with van der Waals surface area (Å²) in [6.07, 6.45) is 1.57. The molecule has 0 fully saturated rings. The highest BCUT2D eigenvalue weighted by molar-refractivity contribution is 5.37. The van der Waals surface area contributed by atoms with E-state index in [2.05, 4.69) is 4.98 Å². The molecule has 1 aromatic heterocycles. The molecule has 0 bridgehead atoms. The van der Waals surface area contributed by atoms with Gasteiger partial charge in [0.15, 0.2) is 11.9 Å². The second-order valence-corrected chi connectivity index (χ2v) is 2.58. The van der Waals surface area contributed by atoms with Crippen molar-refractivity contribution < 1.29 is 32.7 Å². The maximum atomic E-state index is 9.41. The van der Waals surface area contributed by atoms with Gasteiger partial charge in [0.2, 0.25) is 5.69 Å². The van der Waals surface area contributed by atoms with Gasteiger partial charge in [-0.1, -0.05) is 0 Å². The molecular formula is C8H12ClNO3. The van der Waals surface area contributed by atoms with Crippen LogP contribution in [0, 0.1) is 6.92 Å². The first kappa shape index (κ1) is 12.2. The highest BCUT2D eigenvalue weighted by atomic mass is 35.5. The molecular weight excluding hydrogens is 198 g/mol. The SMILES string of the molecule is Cc1[nH+]c[13c]([13CH2]O)[13c]([13CH2]O)c1O.[Cl-]. The van der Waals surface area contributed by atoms with Gasteiger partial charge in [-0.2, -0.15) is 0 Å². The van der Waals surface area contributed by atoms with E-state index in [0.29, 0.717) is 16.8 Å². The molecule has 4 nitrogen and oxygen atoms in total. The molecule has 0 saturated carbocycles. The number of aliphatic hydroxyl groups is 2. The second-order valence-electron chi connectivity index (χ2n) is 2.58. The maximum Gasteiger partial charge on any atom is 0.219 e. The normalized spacial score (nSPS) is 9.46. The average molecular weight is 210 g/mol. The van der Waals surface area contributed by atoms with Crippen molar-refractivity contribution in [2.75, 3.05) is 0 Å². The Bertz CT molecular complexity index is 291. The lowest BCUT2D eigenvalue weighted by atomic mass is 10.4. The van der Waals surface area contributed by atoms with Crippen molar-refractivity contribution in [3.63, 3.8) is 0 Å². The van der Waals surface area contributed by atoms with E-state index < -0.39 is 0 Å². The molecule has 0 amide bonds. The topological polar surface area (TPSA) is 74.8 Å². The predicted octanol–water partition coefficient (Wildman–Crippen LogP) is -3.50. The van der Waals surface area contributed by atoms with Gasteiger partial charge in [0, 0.05) is 12.5 Å². The minimum absolute atomic E-state index is 0. The average Bonchev–Trinajstić information content (AvgIpc) is 2.09. The summed E-state index contributed by atoms with van der Waals surface area (Å²) in [5.74, 6) is 0.0176. The van der Waals surface area contributed by atoms with Crippen LogP contribution in [0.4, 0.5) is 0 Å². The van der Waals surface area contributed by atoms with Gasteiger partial charge < -0.3 is 27.7 Å². The summed E-state index contributed by atoms with van der Waals surface area (Å²) in [6.45, 7) is 1.23. The number of H-pyrrole nitrogens is 1. The maximum absolute atomic E-state index is 9.41. The van der Waals surface area contributed by atoms with Crippen LogP contribution in [0.25, 0.3) is 0 Å². The van der Waals surface area contributed by atoms with E-state index in [9.17, 15) is 5.11 Å². The van der Waals surface area contributed by atoms with Crippen molar-refractivity contribution >= 4 is 0 Å². The lowest BCUT2D eigenvalue weighted by molar-refractivity contribution is -0.389. The summed E-state index contributed by atoms with van der Waals surface area (Å²) >= 11 is 0. The summed E-state index contributed by atoms with van der Waals surface area (Å²) in [6, 6.07) is 0. The molecule has 0 unspecified atom stereocenters. The number of hydrogen-bond donors (Lipinski definition) is 3. The van der Waals surface area contributed by atoms with Crippen LogP contribution in [-0.2, 0) is 13.2 Å². The van der Waals surface area contributed by atoms with Gasteiger partial charge in [-0.25, -0.2) is 4.98 Å². The Balaban J connectivity index is 0.00000144. The molecule has 4 N–H and O–H groups in total. The molecule has 0 saturated heterocycles. The van der Waals surface area contributed by atoms with Crippen molar-refractivity contribution in [1.82, 2.24) is 0 Å². The Morgan fingerprint density at radius 2 is 1.92 bits per heavy atom. The van der Waals surface area contributed by atoms with Crippen LogP contribution in [0.15, 0.2) is 6.20 Å². The van der Waals surface area contributed by atoms with Gasteiger partial charge in [-0.05, 0) is 0 Å². The van der Waals surface area contributed by atoms with E-state index in [0.717, 1.165) is 0 Å². The number of aromatic nitrogens is 1. The third-order valence-electron chi connectivity index (χ3n) is 1.82. The first-order chi connectivity index (χ1) is 5.70. The number of aliphatic hydroxyl groups excluding tert-OH is 2. The van der Waals surface area contributed by atoms with Crippen LogP contribution < -0.4 is 17.4 Å². The molecule has 5 heteroatoms. The van der Waals surface area contributed by atoms with Crippen molar-refractivity contribution in [2.45, 2.75) is 20.1 Å². The van der Waals surface area contributed by atoms with Crippen LogP contribution in [0.1, 0.15) is 16.8 Å². The van der Waals surface area contributed by atoms with E-state index in [1.54, 1.807) is 13.1 Å². The van der Waals surface area contributed by atoms with Gasteiger partial charge in [0.1, 0.15) is 0 Å². The molecule has 0 atom stereocenters. The Morgan fingerprint density at radius 1 is 1.31 bits per heavy atom.